The smallest absolute Gasteiger partial charge is 0.325 e. The second kappa shape index (κ2) is 13.4. The van der Waals surface area contributed by atoms with E-state index in [9.17, 15) is 4.79 Å². The van der Waals surface area contributed by atoms with E-state index in [1.807, 2.05) is 53.8 Å². The molecule has 0 bridgehead atoms. The van der Waals surface area contributed by atoms with Gasteiger partial charge >= 0.3 is 5.97 Å². The van der Waals surface area contributed by atoms with E-state index in [-0.39, 0.29) is 12.5 Å². The first-order chi connectivity index (χ1) is 17.2. The molecule has 2 aromatic carbocycles. The molecule has 0 aliphatic heterocycles. The summed E-state index contributed by atoms with van der Waals surface area (Å²) in [5.74, 6) is 0.491. The number of hydrogen-bond acceptors (Lipinski definition) is 5. The first kappa shape index (κ1) is 25.4. The number of nitrogens with one attached hydrogen (secondary N) is 1. The fourth-order valence-electron chi connectivity index (χ4n) is 4.81. The number of carbonyl (C=O) groups excluding carboxylic acids is 1. The van der Waals surface area contributed by atoms with Gasteiger partial charge in [0.05, 0.1) is 6.54 Å². The van der Waals surface area contributed by atoms with Crippen molar-refractivity contribution in [1.29, 1.82) is 0 Å². The van der Waals surface area contributed by atoms with E-state index >= 15 is 0 Å². The van der Waals surface area contributed by atoms with E-state index in [4.69, 9.17) is 4.74 Å². The van der Waals surface area contributed by atoms with Gasteiger partial charge in [-0.15, -0.1) is 11.3 Å². The first-order valence-corrected chi connectivity index (χ1v) is 13.6. The zero-order valence-electron chi connectivity index (χ0n) is 20.6. The van der Waals surface area contributed by atoms with Crippen LogP contribution in [0.2, 0.25) is 0 Å². The molecule has 0 amide bonds. The van der Waals surface area contributed by atoms with E-state index in [1.54, 1.807) is 0 Å². The van der Waals surface area contributed by atoms with Crippen molar-refractivity contribution in [2.75, 3.05) is 26.2 Å². The van der Waals surface area contributed by atoms with Crippen LogP contribution in [-0.4, -0.2) is 43.1 Å². The minimum absolute atomic E-state index is 0.193. The second-order valence-electron chi connectivity index (χ2n) is 9.07. The summed E-state index contributed by atoms with van der Waals surface area (Å²) in [6.45, 7) is 5.31. The van der Waals surface area contributed by atoms with E-state index in [0.717, 1.165) is 50.1 Å². The maximum absolute atomic E-state index is 12.5. The Balaban J connectivity index is 1.28. The van der Waals surface area contributed by atoms with Crippen LogP contribution in [0.4, 0.5) is 0 Å². The number of hydrogen-bond donors (Lipinski definition) is 1. The molecule has 1 N–H and O–H groups in total. The molecule has 1 aliphatic carbocycles. The summed E-state index contributed by atoms with van der Waals surface area (Å²) in [7, 11) is 0. The van der Waals surface area contributed by atoms with E-state index < -0.39 is 0 Å². The van der Waals surface area contributed by atoms with Gasteiger partial charge in [0.15, 0.2) is 0 Å². The Hall–Kier alpha value is -2.73. The van der Waals surface area contributed by atoms with Crippen LogP contribution in [0.1, 0.15) is 41.3 Å². The summed E-state index contributed by atoms with van der Waals surface area (Å²) < 4.78 is 5.78. The summed E-state index contributed by atoms with van der Waals surface area (Å²) in [6.07, 6.45) is 9.43. The Morgan fingerprint density at radius 1 is 1.11 bits per heavy atom. The van der Waals surface area contributed by atoms with Crippen LogP contribution in [0.25, 0.3) is 6.08 Å². The number of fused-ring (bicyclic) bond motifs is 1. The molecule has 4 nitrogen and oxygen atoms in total. The lowest BCUT2D eigenvalue weighted by Gasteiger charge is -2.35. The van der Waals surface area contributed by atoms with E-state index in [1.165, 1.54) is 22.4 Å². The van der Waals surface area contributed by atoms with Crippen LogP contribution in [0.5, 0.6) is 5.75 Å². The SMILES string of the molecule is CCCN(CCc1cccs1)[C@H]1CCc2c(cccc2OC(=O)CNC/C=C/c2ccccc2)C1. The average molecular weight is 489 g/mol. The average Bonchev–Trinajstić information content (AvgIpc) is 3.40. The zero-order chi connectivity index (χ0) is 24.3. The summed E-state index contributed by atoms with van der Waals surface area (Å²) in [5.41, 5.74) is 3.67. The number of esters is 1. The fraction of sp³-hybridized carbons (Fsp3) is 0.367. The van der Waals surface area contributed by atoms with Crippen molar-refractivity contribution in [3.63, 3.8) is 0 Å². The number of ether oxygens (including phenoxy) is 1. The maximum Gasteiger partial charge on any atom is 0.325 e. The monoisotopic (exact) mass is 488 g/mol. The van der Waals surface area contributed by atoms with Crippen LogP contribution in [0.15, 0.2) is 72.1 Å². The topological polar surface area (TPSA) is 41.6 Å². The third-order valence-corrected chi connectivity index (χ3v) is 7.47. The quantitative estimate of drug-likeness (QED) is 0.200. The van der Waals surface area contributed by atoms with Gasteiger partial charge in [0.1, 0.15) is 5.75 Å². The molecule has 0 saturated heterocycles. The molecular weight excluding hydrogens is 452 g/mol. The highest BCUT2D eigenvalue weighted by molar-refractivity contribution is 7.09. The standard InChI is InChI=1S/C30H36N2O2S/c1-2-19-32(20-17-27-13-8-21-35-27)26-15-16-28-25(22-26)12-6-14-29(28)34-30(33)23-31-18-7-11-24-9-4-3-5-10-24/h3-14,21,26,31H,2,15-20,22-23H2,1H3/b11-7+/t26-/m0/s1. The molecule has 1 atom stereocenters. The summed E-state index contributed by atoms with van der Waals surface area (Å²) in [4.78, 5) is 16.6. The molecule has 0 fully saturated rings. The molecule has 35 heavy (non-hydrogen) atoms. The summed E-state index contributed by atoms with van der Waals surface area (Å²) >= 11 is 1.85. The zero-order valence-corrected chi connectivity index (χ0v) is 21.4. The van der Waals surface area contributed by atoms with Gasteiger partial charge < -0.3 is 10.1 Å². The highest BCUT2D eigenvalue weighted by Gasteiger charge is 2.26. The van der Waals surface area contributed by atoms with Gasteiger partial charge in [-0.3, -0.25) is 9.69 Å². The Bertz CT molecular complexity index is 1080. The Kier molecular flexibility index (Phi) is 9.70. The molecule has 0 radical (unpaired) electrons. The molecule has 0 spiro atoms. The van der Waals surface area contributed by atoms with Gasteiger partial charge in [0.2, 0.25) is 0 Å². The minimum Gasteiger partial charge on any atom is -0.425 e. The van der Waals surface area contributed by atoms with Crippen molar-refractivity contribution in [1.82, 2.24) is 10.2 Å². The summed E-state index contributed by atoms with van der Waals surface area (Å²) in [6, 6.07) is 21.2. The summed E-state index contributed by atoms with van der Waals surface area (Å²) in [5, 5.41) is 5.31. The van der Waals surface area contributed by atoms with Gasteiger partial charge in [0, 0.05) is 24.0 Å². The molecular formula is C30H36N2O2S. The van der Waals surface area contributed by atoms with Gasteiger partial charge in [0.25, 0.3) is 0 Å². The van der Waals surface area contributed by atoms with Crippen LogP contribution in [0, 0.1) is 0 Å². The van der Waals surface area contributed by atoms with Gasteiger partial charge in [-0.25, -0.2) is 0 Å². The lowest BCUT2D eigenvalue weighted by molar-refractivity contribution is -0.133. The highest BCUT2D eigenvalue weighted by Crippen LogP contribution is 2.32. The van der Waals surface area contributed by atoms with Crippen molar-refractivity contribution in [3.05, 3.63) is 93.7 Å². The lowest BCUT2D eigenvalue weighted by atomic mass is 9.86. The Morgan fingerprint density at radius 2 is 2.00 bits per heavy atom. The largest absolute Gasteiger partial charge is 0.425 e. The number of carbonyl (C=O) groups is 1. The fourth-order valence-corrected chi connectivity index (χ4v) is 5.51. The van der Waals surface area contributed by atoms with Crippen LogP contribution in [-0.2, 0) is 24.1 Å². The molecule has 3 aromatic rings. The number of thiophene rings is 1. The molecule has 184 valence electrons. The van der Waals surface area contributed by atoms with Crippen molar-refractivity contribution < 1.29 is 9.53 Å². The Morgan fingerprint density at radius 3 is 2.80 bits per heavy atom. The third kappa shape index (κ3) is 7.63. The van der Waals surface area contributed by atoms with Crippen molar-refractivity contribution in [2.45, 2.75) is 45.1 Å². The molecule has 1 heterocycles. The van der Waals surface area contributed by atoms with Crippen LogP contribution >= 0.6 is 11.3 Å². The number of nitrogens with zero attached hydrogens (tertiary/aromatic N) is 1. The highest BCUT2D eigenvalue weighted by atomic mass is 32.1. The normalized spacial score (nSPS) is 15.4. The van der Waals surface area contributed by atoms with E-state index in [0.29, 0.717) is 12.6 Å². The van der Waals surface area contributed by atoms with Crippen LogP contribution < -0.4 is 10.1 Å². The first-order valence-electron chi connectivity index (χ1n) is 12.7. The van der Waals surface area contributed by atoms with Crippen molar-refractivity contribution in [3.8, 4) is 5.75 Å². The van der Waals surface area contributed by atoms with Gasteiger partial charge in [-0.05, 0) is 72.9 Å². The second-order valence-corrected chi connectivity index (χ2v) is 10.1. The minimum atomic E-state index is -0.239. The van der Waals surface area contributed by atoms with Crippen molar-refractivity contribution in [2.24, 2.45) is 0 Å². The molecule has 0 unspecified atom stereocenters. The predicted molar refractivity (Wildman–Crippen MR) is 146 cm³/mol. The molecule has 5 heteroatoms. The number of rotatable bonds is 12. The molecule has 0 saturated carbocycles. The predicted octanol–water partition coefficient (Wildman–Crippen LogP) is 5.77. The van der Waals surface area contributed by atoms with Gasteiger partial charge in [-0.2, -0.15) is 0 Å². The number of benzene rings is 2. The lowest BCUT2D eigenvalue weighted by Crippen LogP contribution is -2.41. The van der Waals surface area contributed by atoms with Crippen LogP contribution in [0.3, 0.4) is 0 Å². The molecule has 1 aliphatic rings. The Labute approximate surface area is 213 Å². The maximum atomic E-state index is 12.5. The van der Waals surface area contributed by atoms with E-state index in [2.05, 4.69) is 52.9 Å². The van der Waals surface area contributed by atoms with Gasteiger partial charge in [-0.1, -0.05) is 67.6 Å². The molecule has 4 rings (SSSR count). The third-order valence-electron chi connectivity index (χ3n) is 6.53. The van der Waals surface area contributed by atoms with Crippen molar-refractivity contribution >= 4 is 23.4 Å². The molecule has 1 aromatic heterocycles.